The van der Waals surface area contributed by atoms with Gasteiger partial charge in [0, 0.05) is 25.6 Å². The standard InChI is InChI=1S/C16H28N2O5S/c1-3-23-16(20)14-7-5-6-10-18(14)15(19)13-8-11-17(12-9-13)24(21,22)4-2/h13-14H,3-12H2,1-2H3. The largest absolute Gasteiger partial charge is 0.464 e. The Labute approximate surface area is 144 Å². The highest BCUT2D eigenvalue weighted by Gasteiger charge is 2.38. The van der Waals surface area contributed by atoms with Crippen LogP contribution in [-0.2, 0) is 24.3 Å². The summed E-state index contributed by atoms with van der Waals surface area (Å²) < 4.78 is 30.4. The Morgan fingerprint density at radius 2 is 1.71 bits per heavy atom. The quantitative estimate of drug-likeness (QED) is 0.683. The number of carbonyl (C=O) groups excluding carboxylic acids is 2. The SMILES string of the molecule is CCOC(=O)C1CCCCN1C(=O)C1CCN(S(=O)(=O)CC)CC1. The van der Waals surface area contributed by atoms with E-state index in [1.54, 1.807) is 18.7 Å². The molecule has 0 aliphatic carbocycles. The molecule has 2 saturated heterocycles. The van der Waals surface area contributed by atoms with Crippen molar-refractivity contribution in [3.05, 3.63) is 0 Å². The van der Waals surface area contributed by atoms with Gasteiger partial charge in [-0.05, 0) is 46.0 Å². The first-order chi connectivity index (χ1) is 11.4. The molecule has 0 N–H and O–H groups in total. The Hall–Kier alpha value is -1.15. The first kappa shape index (κ1) is 19.2. The van der Waals surface area contributed by atoms with Gasteiger partial charge in [-0.2, -0.15) is 0 Å². The molecule has 0 bridgehead atoms. The van der Waals surface area contributed by atoms with Crippen molar-refractivity contribution in [1.29, 1.82) is 0 Å². The second kappa shape index (κ2) is 8.29. The Morgan fingerprint density at radius 1 is 1.04 bits per heavy atom. The van der Waals surface area contributed by atoms with Gasteiger partial charge in [0.05, 0.1) is 12.4 Å². The van der Waals surface area contributed by atoms with Crippen LogP contribution < -0.4 is 0 Å². The van der Waals surface area contributed by atoms with Crippen LogP contribution in [0, 0.1) is 5.92 Å². The van der Waals surface area contributed by atoms with Gasteiger partial charge in [0.15, 0.2) is 0 Å². The fourth-order valence-electron chi connectivity index (χ4n) is 3.48. The summed E-state index contributed by atoms with van der Waals surface area (Å²) in [6.45, 7) is 5.04. The molecule has 2 aliphatic rings. The first-order valence-corrected chi connectivity index (χ1v) is 10.5. The molecule has 0 aromatic rings. The van der Waals surface area contributed by atoms with Crippen molar-refractivity contribution < 1.29 is 22.7 Å². The van der Waals surface area contributed by atoms with Crippen molar-refractivity contribution in [2.75, 3.05) is 32.0 Å². The van der Waals surface area contributed by atoms with E-state index in [2.05, 4.69) is 0 Å². The molecule has 1 unspecified atom stereocenters. The average Bonchev–Trinajstić information content (AvgIpc) is 2.61. The zero-order chi connectivity index (χ0) is 17.7. The van der Waals surface area contributed by atoms with Gasteiger partial charge in [-0.15, -0.1) is 0 Å². The van der Waals surface area contributed by atoms with Crippen LogP contribution in [-0.4, -0.2) is 67.5 Å². The summed E-state index contributed by atoms with van der Waals surface area (Å²) in [4.78, 5) is 26.6. The van der Waals surface area contributed by atoms with Crippen molar-refractivity contribution in [3.8, 4) is 0 Å². The van der Waals surface area contributed by atoms with Crippen LogP contribution in [0.3, 0.4) is 0 Å². The molecule has 2 fully saturated rings. The third-order valence-corrected chi connectivity index (χ3v) is 6.79. The van der Waals surface area contributed by atoms with E-state index < -0.39 is 16.1 Å². The van der Waals surface area contributed by atoms with Gasteiger partial charge >= 0.3 is 5.97 Å². The highest BCUT2D eigenvalue weighted by molar-refractivity contribution is 7.89. The van der Waals surface area contributed by atoms with Crippen molar-refractivity contribution in [1.82, 2.24) is 9.21 Å². The highest BCUT2D eigenvalue weighted by atomic mass is 32.2. The van der Waals surface area contributed by atoms with Crippen molar-refractivity contribution in [3.63, 3.8) is 0 Å². The van der Waals surface area contributed by atoms with Crippen molar-refractivity contribution >= 4 is 21.9 Å². The molecule has 2 aliphatic heterocycles. The molecule has 0 spiro atoms. The number of esters is 1. The number of piperidine rings is 2. The lowest BCUT2D eigenvalue weighted by molar-refractivity contribution is -0.158. The summed E-state index contributed by atoms with van der Waals surface area (Å²) in [5.74, 6) is -0.468. The summed E-state index contributed by atoms with van der Waals surface area (Å²) in [6, 6.07) is -0.483. The highest BCUT2D eigenvalue weighted by Crippen LogP contribution is 2.26. The van der Waals surface area contributed by atoms with E-state index in [9.17, 15) is 18.0 Å². The van der Waals surface area contributed by atoms with Gasteiger partial charge in [-0.25, -0.2) is 17.5 Å². The van der Waals surface area contributed by atoms with Crippen LogP contribution in [0.25, 0.3) is 0 Å². The summed E-state index contributed by atoms with van der Waals surface area (Å²) in [6.07, 6.45) is 3.49. The predicted molar refractivity (Wildman–Crippen MR) is 89.7 cm³/mol. The van der Waals surface area contributed by atoms with Gasteiger partial charge < -0.3 is 9.64 Å². The molecule has 0 radical (unpaired) electrons. The first-order valence-electron chi connectivity index (χ1n) is 8.85. The second-order valence-corrected chi connectivity index (χ2v) is 8.63. The minimum atomic E-state index is -3.19. The zero-order valence-electron chi connectivity index (χ0n) is 14.6. The normalized spacial score (nSPS) is 23.9. The maximum Gasteiger partial charge on any atom is 0.328 e. The zero-order valence-corrected chi connectivity index (χ0v) is 15.4. The van der Waals surface area contributed by atoms with Gasteiger partial charge in [0.1, 0.15) is 6.04 Å². The Kier molecular flexibility index (Phi) is 6.62. The molecule has 2 rings (SSSR count). The molecule has 8 heteroatoms. The molecule has 0 saturated carbocycles. The average molecular weight is 360 g/mol. The van der Waals surface area contributed by atoms with Crippen LogP contribution >= 0.6 is 0 Å². The Balaban J connectivity index is 1.99. The number of likely N-dealkylation sites (tertiary alicyclic amines) is 1. The molecular formula is C16H28N2O5S. The summed E-state index contributed by atoms with van der Waals surface area (Å²) >= 11 is 0. The fourth-order valence-corrected chi connectivity index (χ4v) is 4.61. The van der Waals surface area contributed by atoms with E-state index in [1.807, 2.05) is 0 Å². The number of sulfonamides is 1. The maximum atomic E-state index is 12.8. The summed E-state index contributed by atoms with van der Waals surface area (Å²) in [7, 11) is -3.19. The van der Waals surface area contributed by atoms with Crippen LogP contribution in [0.4, 0.5) is 0 Å². The number of amides is 1. The molecule has 0 aromatic heterocycles. The molecule has 1 atom stereocenters. The summed E-state index contributed by atoms with van der Waals surface area (Å²) in [5.41, 5.74) is 0. The van der Waals surface area contributed by atoms with E-state index in [1.165, 1.54) is 4.31 Å². The van der Waals surface area contributed by atoms with E-state index in [0.717, 1.165) is 12.8 Å². The molecule has 1 amide bonds. The van der Waals surface area contributed by atoms with Crippen molar-refractivity contribution in [2.45, 2.75) is 52.0 Å². The summed E-state index contributed by atoms with van der Waals surface area (Å²) in [5, 5.41) is 0. The number of rotatable bonds is 5. The molecular weight excluding hydrogens is 332 g/mol. The van der Waals surface area contributed by atoms with Gasteiger partial charge in [-0.3, -0.25) is 4.79 Å². The lowest BCUT2D eigenvalue weighted by Crippen LogP contribution is -2.52. The second-order valence-electron chi connectivity index (χ2n) is 6.37. The molecule has 2 heterocycles. The maximum absolute atomic E-state index is 12.8. The lowest BCUT2D eigenvalue weighted by atomic mass is 9.93. The van der Waals surface area contributed by atoms with Crippen LogP contribution in [0.2, 0.25) is 0 Å². The van der Waals surface area contributed by atoms with Crippen molar-refractivity contribution in [2.24, 2.45) is 5.92 Å². The fraction of sp³-hybridized carbons (Fsp3) is 0.875. The minimum absolute atomic E-state index is 0.0266. The van der Waals surface area contributed by atoms with Crippen LogP contribution in [0.5, 0.6) is 0 Å². The Morgan fingerprint density at radius 3 is 2.29 bits per heavy atom. The predicted octanol–water partition coefficient (Wildman–Crippen LogP) is 0.992. The number of hydrogen-bond donors (Lipinski definition) is 0. The van der Waals surface area contributed by atoms with Crippen LogP contribution in [0.1, 0.15) is 46.0 Å². The number of ether oxygens (including phenoxy) is 1. The number of carbonyl (C=O) groups is 2. The van der Waals surface area contributed by atoms with E-state index in [4.69, 9.17) is 4.74 Å². The molecule has 7 nitrogen and oxygen atoms in total. The minimum Gasteiger partial charge on any atom is -0.464 e. The molecule has 138 valence electrons. The smallest absolute Gasteiger partial charge is 0.328 e. The topological polar surface area (TPSA) is 84.0 Å². The lowest BCUT2D eigenvalue weighted by Gasteiger charge is -2.38. The number of nitrogens with zero attached hydrogens (tertiary/aromatic N) is 2. The third-order valence-electron chi connectivity index (χ3n) is 4.91. The van der Waals surface area contributed by atoms with Crippen LogP contribution in [0.15, 0.2) is 0 Å². The Bertz CT molecular complexity index is 555. The van der Waals surface area contributed by atoms with Gasteiger partial charge in [0.2, 0.25) is 15.9 Å². The number of hydrogen-bond acceptors (Lipinski definition) is 5. The molecule has 0 aromatic carbocycles. The monoisotopic (exact) mass is 360 g/mol. The van der Waals surface area contributed by atoms with E-state index in [-0.39, 0.29) is 23.5 Å². The van der Waals surface area contributed by atoms with Gasteiger partial charge in [-0.1, -0.05) is 0 Å². The van der Waals surface area contributed by atoms with Gasteiger partial charge in [0.25, 0.3) is 0 Å². The van der Waals surface area contributed by atoms with E-state index >= 15 is 0 Å². The van der Waals surface area contributed by atoms with E-state index in [0.29, 0.717) is 45.5 Å². The third kappa shape index (κ3) is 4.27. The molecule has 24 heavy (non-hydrogen) atoms.